The number of carbonyl (C=O) groups is 1. The van der Waals surface area contributed by atoms with E-state index >= 15 is 0 Å². The van der Waals surface area contributed by atoms with Gasteiger partial charge < -0.3 is 14.8 Å². The van der Waals surface area contributed by atoms with E-state index in [1.54, 1.807) is 10.7 Å². The van der Waals surface area contributed by atoms with Gasteiger partial charge in [-0.3, -0.25) is 0 Å². The fourth-order valence-corrected chi connectivity index (χ4v) is 2.61. The number of ether oxygens (including phenoxy) is 2. The number of hydrogen-bond donors (Lipinski definition) is 1. The summed E-state index contributed by atoms with van der Waals surface area (Å²) in [5.74, 6) is 1.18. The minimum Gasteiger partial charge on any atom is -0.487 e. The zero-order valence-electron chi connectivity index (χ0n) is 14.7. The molecule has 1 N–H and O–H groups in total. The van der Waals surface area contributed by atoms with Crippen molar-refractivity contribution in [3.05, 3.63) is 23.1 Å². The van der Waals surface area contributed by atoms with Crippen LogP contribution in [0.1, 0.15) is 39.2 Å². The van der Waals surface area contributed by atoms with E-state index in [-0.39, 0.29) is 6.61 Å². The molecule has 7 nitrogen and oxygen atoms in total. The molecule has 0 aliphatic heterocycles. The number of fused-ring (bicyclic) bond motifs is 1. The molecule has 25 heavy (non-hydrogen) atoms. The predicted octanol–water partition coefficient (Wildman–Crippen LogP) is 3.24. The summed E-state index contributed by atoms with van der Waals surface area (Å²) in [7, 11) is 0. The van der Waals surface area contributed by atoms with Crippen LogP contribution >= 0.6 is 11.6 Å². The highest BCUT2D eigenvalue weighted by Gasteiger charge is 2.24. The van der Waals surface area contributed by atoms with Crippen molar-refractivity contribution >= 4 is 23.3 Å². The molecule has 8 heteroatoms. The van der Waals surface area contributed by atoms with Gasteiger partial charge in [0.25, 0.3) is 0 Å². The summed E-state index contributed by atoms with van der Waals surface area (Å²) in [5.41, 5.74) is 1.36. The minimum absolute atomic E-state index is 0.252. The lowest BCUT2D eigenvalue weighted by molar-refractivity contribution is 0.0520. The van der Waals surface area contributed by atoms with Crippen LogP contribution < -0.4 is 10.1 Å². The van der Waals surface area contributed by atoms with Crippen LogP contribution in [0, 0.1) is 5.92 Å². The summed E-state index contributed by atoms with van der Waals surface area (Å²) in [6, 6.07) is 0. The van der Waals surface area contributed by atoms with Gasteiger partial charge in [-0.25, -0.2) is 14.3 Å². The van der Waals surface area contributed by atoms with Gasteiger partial charge in [0.2, 0.25) is 0 Å². The molecular formula is C17H23ClN4O3. The van der Waals surface area contributed by atoms with E-state index in [1.165, 1.54) is 12.8 Å². The summed E-state index contributed by atoms with van der Waals surface area (Å²) < 4.78 is 12.4. The van der Waals surface area contributed by atoms with Gasteiger partial charge in [-0.2, -0.15) is 5.10 Å². The van der Waals surface area contributed by atoms with E-state index in [0.717, 1.165) is 23.5 Å². The number of hydrogen-bond acceptors (Lipinski definition) is 5. The third kappa shape index (κ3) is 4.98. The lowest BCUT2D eigenvalue weighted by Crippen LogP contribution is -2.34. The molecule has 2 aromatic heterocycles. The van der Waals surface area contributed by atoms with E-state index in [1.807, 2.05) is 27.0 Å². The largest absolute Gasteiger partial charge is 0.487 e. The fraction of sp³-hybridized carbons (Fsp3) is 0.588. The molecule has 0 saturated heterocycles. The quantitative estimate of drug-likeness (QED) is 0.627. The van der Waals surface area contributed by atoms with Crippen molar-refractivity contribution in [3.63, 3.8) is 0 Å². The van der Waals surface area contributed by atoms with Gasteiger partial charge >= 0.3 is 6.09 Å². The first-order valence-electron chi connectivity index (χ1n) is 8.44. The normalized spacial score (nSPS) is 14.6. The molecule has 0 spiro atoms. The second kappa shape index (κ2) is 7.07. The Bertz CT molecular complexity index is 765. The number of halogens is 1. The van der Waals surface area contributed by atoms with E-state index in [2.05, 4.69) is 15.4 Å². The predicted molar refractivity (Wildman–Crippen MR) is 94.2 cm³/mol. The molecule has 1 amide bonds. The molecule has 136 valence electrons. The van der Waals surface area contributed by atoms with E-state index in [0.29, 0.717) is 17.4 Å². The number of aromatic nitrogens is 3. The number of nitrogens with zero attached hydrogens (tertiary/aromatic N) is 3. The van der Waals surface area contributed by atoms with Gasteiger partial charge in [0.05, 0.1) is 18.9 Å². The highest BCUT2D eigenvalue weighted by molar-refractivity contribution is 6.30. The van der Waals surface area contributed by atoms with Crippen LogP contribution in [-0.4, -0.2) is 39.4 Å². The second-order valence-electron chi connectivity index (χ2n) is 7.26. The molecule has 3 rings (SSSR count). The number of carbonyl (C=O) groups excluding carboxylic acids is 1. The maximum Gasteiger partial charge on any atom is 0.407 e. The van der Waals surface area contributed by atoms with Crippen molar-refractivity contribution in [1.29, 1.82) is 0 Å². The van der Waals surface area contributed by atoms with Gasteiger partial charge in [0, 0.05) is 5.56 Å². The molecule has 1 saturated carbocycles. The van der Waals surface area contributed by atoms with Crippen molar-refractivity contribution in [2.24, 2.45) is 5.92 Å². The van der Waals surface area contributed by atoms with Crippen molar-refractivity contribution in [2.75, 3.05) is 13.2 Å². The van der Waals surface area contributed by atoms with Crippen LogP contribution in [0.15, 0.2) is 12.4 Å². The zero-order chi connectivity index (χ0) is 18.0. The summed E-state index contributed by atoms with van der Waals surface area (Å²) >= 11 is 6.22. The number of amides is 1. The van der Waals surface area contributed by atoms with Crippen LogP contribution in [0.5, 0.6) is 5.75 Å². The first kappa shape index (κ1) is 17.8. The summed E-state index contributed by atoms with van der Waals surface area (Å²) in [6.45, 7) is 5.99. The first-order chi connectivity index (χ1) is 11.8. The smallest absolute Gasteiger partial charge is 0.407 e. The monoisotopic (exact) mass is 366 g/mol. The number of nitrogens with one attached hydrogen (secondary N) is 1. The molecule has 0 aromatic carbocycles. The summed E-state index contributed by atoms with van der Waals surface area (Å²) in [5, 5.41) is 7.24. The SMILES string of the molecule is CC(C)(C)OC(=O)NCCOc1cn2ncc(CC3CC3)c2nc1Cl. The highest BCUT2D eigenvalue weighted by Crippen LogP contribution is 2.34. The van der Waals surface area contributed by atoms with E-state index < -0.39 is 11.7 Å². The Hall–Kier alpha value is -2.02. The number of alkyl carbamates (subject to hydrolysis) is 1. The minimum atomic E-state index is -0.526. The molecule has 1 aliphatic carbocycles. The lowest BCUT2D eigenvalue weighted by Gasteiger charge is -2.19. The van der Waals surface area contributed by atoms with Crippen molar-refractivity contribution in [2.45, 2.75) is 45.6 Å². The highest BCUT2D eigenvalue weighted by atomic mass is 35.5. The van der Waals surface area contributed by atoms with Crippen LogP contribution in [0.25, 0.3) is 5.65 Å². The molecule has 0 bridgehead atoms. The van der Waals surface area contributed by atoms with Gasteiger partial charge in [0.15, 0.2) is 16.5 Å². The van der Waals surface area contributed by atoms with Gasteiger partial charge in [0.1, 0.15) is 12.2 Å². The van der Waals surface area contributed by atoms with Crippen molar-refractivity contribution in [3.8, 4) is 5.75 Å². The first-order valence-corrected chi connectivity index (χ1v) is 8.82. The van der Waals surface area contributed by atoms with Crippen LogP contribution in [-0.2, 0) is 11.2 Å². The topological polar surface area (TPSA) is 77.8 Å². The molecule has 0 radical (unpaired) electrons. The Balaban J connectivity index is 1.55. The van der Waals surface area contributed by atoms with E-state index in [9.17, 15) is 4.79 Å². The molecule has 2 aromatic rings. The molecular weight excluding hydrogens is 344 g/mol. The van der Waals surface area contributed by atoms with Gasteiger partial charge in [-0.05, 0) is 46.0 Å². The maximum atomic E-state index is 11.6. The summed E-state index contributed by atoms with van der Waals surface area (Å²) in [4.78, 5) is 16.0. The fourth-order valence-electron chi connectivity index (χ4n) is 2.42. The maximum absolute atomic E-state index is 11.6. The third-order valence-electron chi connectivity index (χ3n) is 3.72. The Morgan fingerprint density at radius 2 is 2.20 bits per heavy atom. The average Bonchev–Trinajstić information content (AvgIpc) is 3.24. The second-order valence-corrected chi connectivity index (χ2v) is 7.62. The van der Waals surface area contributed by atoms with Crippen LogP contribution in [0.4, 0.5) is 4.79 Å². The third-order valence-corrected chi connectivity index (χ3v) is 3.99. The number of rotatable bonds is 6. The average molecular weight is 367 g/mol. The van der Waals surface area contributed by atoms with Gasteiger partial charge in [-0.1, -0.05) is 11.6 Å². The standard InChI is InChI=1S/C17H23ClN4O3/c1-17(2,3)25-16(23)19-6-7-24-13-10-22-15(21-14(13)18)12(9-20-22)8-11-4-5-11/h9-11H,4-8H2,1-3H3,(H,19,23). The van der Waals surface area contributed by atoms with Crippen molar-refractivity contribution in [1.82, 2.24) is 19.9 Å². The van der Waals surface area contributed by atoms with E-state index in [4.69, 9.17) is 21.1 Å². The molecule has 0 atom stereocenters. The Kier molecular flexibility index (Phi) is 5.03. The zero-order valence-corrected chi connectivity index (χ0v) is 15.5. The molecule has 2 heterocycles. The Labute approximate surface area is 151 Å². The molecule has 1 fully saturated rings. The van der Waals surface area contributed by atoms with Gasteiger partial charge in [-0.15, -0.1) is 0 Å². The van der Waals surface area contributed by atoms with Crippen LogP contribution in [0.2, 0.25) is 5.15 Å². The molecule has 1 aliphatic rings. The van der Waals surface area contributed by atoms with Crippen molar-refractivity contribution < 1.29 is 14.3 Å². The molecule has 0 unspecified atom stereocenters. The Morgan fingerprint density at radius 1 is 1.44 bits per heavy atom. The Morgan fingerprint density at radius 3 is 2.88 bits per heavy atom. The van der Waals surface area contributed by atoms with Crippen LogP contribution in [0.3, 0.4) is 0 Å². The summed E-state index contributed by atoms with van der Waals surface area (Å²) in [6.07, 6.45) is 6.62. The lowest BCUT2D eigenvalue weighted by atomic mass is 10.2.